The number of Topliss-reactive ketones (excluding diaryl/α,β-unsaturated/α-hetero) is 1. The monoisotopic (exact) mass is 468 g/mol. The van der Waals surface area contributed by atoms with Gasteiger partial charge in [0.1, 0.15) is 5.82 Å². The van der Waals surface area contributed by atoms with Crippen LogP contribution < -0.4 is 0 Å². The summed E-state index contributed by atoms with van der Waals surface area (Å²) < 4.78 is 0. The number of hydrogen-bond donors (Lipinski definition) is 0. The summed E-state index contributed by atoms with van der Waals surface area (Å²) in [5.74, 6) is 3.49. The Hall–Kier alpha value is -2.66. The van der Waals surface area contributed by atoms with E-state index < -0.39 is 0 Å². The van der Waals surface area contributed by atoms with Gasteiger partial charge in [-0.2, -0.15) is 0 Å². The zero-order valence-corrected chi connectivity index (χ0v) is 20.7. The lowest BCUT2D eigenvalue weighted by Gasteiger charge is -2.32. The van der Waals surface area contributed by atoms with Gasteiger partial charge in [0.2, 0.25) is 0 Å². The Labute approximate surface area is 208 Å². The largest absolute Gasteiger partial charge is 0.297 e. The van der Waals surface area contributed by atoms with Crippen LogP contribution in [-0.4, -0.2) is 38.7 Å². The molecule has 3 aromatic rings. The van der Waals surface area contributed by atoms with E-state index in [-0.39, 0.29) is 5.78 Å². The first-order chi connectivity index (χ1) is 17.2. The third-order valence-corrected chi connectivity index (χ3v) is 8.48. The molecule has 0 amide bonds. The minimum atomic E-state index is 0.280. The van der Waals surface area contributed by atoms with Crippen molar-refractivity contribution in [1.29, 1.82) is 0 Å². The average Bonchev–Trinajstić information content (AvgIpc) is 3.71. The fourth-order valence-electron chi connectivity index (χ4n) is 6.08. The molecule has 0 radical (unpaired) electrons. The molecule has 0 unspecified atom stereocenters. The van der Waals surface area contributed by atoms with Gasteiger partial charge in [0, 0.05) is 49.3 Å². The Morgan fingerprint density at radius 1 is 0.943 bits per heavy atom. The molecular weight excluding hydrogens is 432 g/mol. The number of aromatic nitrogens is 3. The molecule has 0 spiro atoms. The van der Waals surface area contributed by atoms with E-state index in [2.05, 4.69) is 21.1 Å². The molecule has 5 heteroatoms. The van der Waals surface area contributed by atoms with Crippen LogP contribution in [0, 0.1) is 17.8 Å². The predicted molar refractivity (Wildman–Crippen MR) is 138 cm³/mol. The van der Waals surface area contributed by atoms with Crippen molar-refractivity contribution in [2.75, 3.05) is 13.1 Å². The molecule has 1 aromatic carbocycles. The summed E-state index contributed by atoms with van der Waals surface area (Å²) in [7, 11) is 0. The lowest BCUT2D eigenvalue weighted by atomic mass is 9.78. The molecule has 3 heterocycles. The molecule has 1 aliphatic heterocycles. The summed E-state index contributed by atoms with van der Waals surface area (Å²) in [5, 5.41) is 0.988. The van der Waals surface area contributed by atoms with Crippen molar-refractivity contribution in [2.24, 2.45) is 17.8 Å². The van der Waals surface area contributed by atoms with Gasteiger partial charge in [-0.05, 0) is 80.5 Å². The van der Waals surface area contributed by atoms with Gasteiger partial charge >= 0.3 is 0 Å². The van der Waals surface area contributed by atoms with E-state index in [4.69, 9.17) is 4.98 Å². The van der Waals surface area contributed by atoms with Crippen LogP contribution in [0.25, 0.3) is 10.9 Å². The fourth-order valence-corrected chi connectivity index (χ4v) is 6.08. The highest BCUT2D eigenvalue weighted by molar-refractivity contribution is 6.07. The smallest absolute Gasteiger partial charge is 0.163 e. The van der Waals surface area contributed by atoms with E-state index in [9.17, 15) is 4.79 Å². The Balaban J connectivity index is 0.972. The van der Waals surface area contributed by atoms with E-state index in [0.717, 1.165) is 60.1 Å². The predicted octanol–water partition coefficient (Wildman–Crippen LogP) is 5.80. The maximum Gasteiger partial charge on any atom is 0.163 e. The minimum Gasteiger partial charge on any atom is -0.297 e. The van der Waals surface area contributed by atoms with Crippen LogP contribution in [-0.2, 0) is 19.4 Å². The number of ketones is 1. The number of carbonyl (C=O) groups excluding carboxylic acids is 1. The highest BCUT2D eigenvalue weighted by Gasteiger charge is 2.27. The molecular formula is C30H36N4O. The van der Waals surface area contributed by atoms with Gasteiger partial charge in [-0.25, -0.2) is 9.97 Å². The number of benzene rings is 1. The van der Waals surface area contributed by atoms with E-state index >= 15 is 0 Å². The lowest BCUT2D eigenvalue weighted by Crippen LogP contribution is -2.33. The van der Waals surface area contributed by atoms with Crippen LogP contribution in [0.1, 0.15) is 78.8 Å². The van der Waals surface area contributed by atoms with Crippen LogP contribution in [0.2, 0.25) is 0 Å². The summed E-state index contributed by atoms with van der Waals surface area (Å²) in [6, 6.07) is 9.85. The van der Waals surface area contributed by atoms with E-state index in [0.29, 0.717) is 12.3 Å². The van der Waals surface area contributed by atoms with Crippen molar-refractivity contribution in [2.45, 2.75) is 70.8 Å². The van der Waals surface area contributed by atoms with Crippen molar-refractivity contribution in [3.63, 3.8) is 0 Å². The maximum atomic E-state index is 13.1. The number of nitrogens with zero attached hydrogens (tertiary/aromatic N) is 4. The quantitative estimate of drug-likeness (QED) is 0.391. The van der Waals surface area contributed by atoms with Gasteiger partial charge in [-0.1, -0.05) is 31.0 Å². The molecule has 3 aliphatic rings. The number of rotatable bonds is 8. The first-order valence-corrected chi connectivity index (χ1v) is 13.6. The van der Waals surface area contributed by atoms with Gasteiger partial charge in [-0.15, -0.1) is 0 Å². The SMILES string of the molecule is O=C(CC1CCC(CCN2CCc3cnc(CC4CC4)nc3C2)CC1)c1cccc2ncccc12. The van der Waals surface area contributed by atoms with Crippen LogP contribution in [0.3, 0.4) is 0 Å². The average molecular weight is 469 g/mol. The van der Waals surface area contributed by atoms with E-state index in [1.165, 1.54) is 62.7 Å². The molecule has 2 aliphatic carbocycles. The number of pyridine rings is 1. The highest BCUT2D eigenvalue weighted by atomic mass is 16.1. The van der Waals surface area contributed by atoms with Crippen LogP contribution in [0.5, 0.6) is 0 Å². The van der Waals surface area contributed by atoms with Crippen LogP contribution in [0.15, 0.2) is 42.7 Å². The van der Waals surface area contributed by atoms with Crippen molar-refractivity contribution in [1.82, 2.24) is 19.9 Å². The third kappa shape index (κ3) is 5.45. The molecule has 0 saturated heterocycles. The standard InChI is InChI=1S/C30H36N4O/c35-29(26-3-1-5-27-25(26)4-2-14-31-27)17-22-8-6-21(7-9-22)12-15-34-16-13-24-19-32-30(18-23-10-11-23)33-28(24)20-34/h1-5,14,19,21-23H,6-13,15-18,20H2. The van der Waals surface area contributed by atoms with Gasteiger partial charge in [0.25, 0.3) is 0 Å². The second-order valence-electron chi connectivity index (χ2n) is 11.1. The molecule has 0 bridgehead atoms. The van der Waals surface area contributed by atoms with Gasteiger partial charge in [-0.3, -0.25) is 14.7 Å². The molecule has 0 N–H and O–H groups in total. The number of carbonyl (C=O) groups is 1. The zero-order valence-electron chi connectivity index (χ0n) is 20.7. The summed E-state index contributed by atoms with van der Waals surface area (Å²) in [6.45, 7) is 3.28. The summed E-state index contributed by atoms with van der Waals surface area (Å²) in [5.41, 5.74) is 4.38. The summed E-state index contributed by atoms with van der Waals surface area (Å²) in [6.07, 6.45) is 15.6. The summed E-state index contributed by atoms with van der Waals surface area (Å²) in [4.78, 5) is 29.6. The molecule has 2 aromatic heterocycles. The zero-order chi connectivity index (χ0) is 23.6. The van der Waals surface area contributed by atoms with Crippen molar-refractivity contribution in [3.8, 4) is 0 Å². The van der Waals surface area contributed by atoms with Gasteiger partial charge < -0.3 is 0 Å². The Kier molecular flexibility index (Phi) is 6.60. The topological polar surface area (TPSA) is 59.0 Å². The number of hydrogen-bond acceptors (Lipinski definition) is 5. The Bertz CT molecular complexity index is 1190. The molecule has 0 atom stereocenters. The molecule has 35 heavy (non-hydrogen) atoms. The normalized spacial score (nSPS) is 22.7. The van der Waals surface area contributed by atoms with Gasteiger partial charge in [0.15, 0.2) is 5.78 Å². The highest BCUT2D eigenvalue weighted by Crippen LogP contribution is 2.35. The van der Waals surface area contributed by atoms with Crippen molar-refractivity contribution in [3.05, 3.63) is 65.4 Å². The van der Waals surface area contributed by atoms with Gasteiger partial charge in [0.05, 0.1) is 11.2 Å². The van der Waals surface area contributed by atoms with Crippen molar-refractivity contribution < 1.29 is 4.79 Å². The lowest BCUT2D eigenvalue weighted by molar-refractivity contribution is 0.0941. The Morgan fingerprint density at radius 2 is 1.77 bits per heavy atom. The molecule has 2 fully saturated rings. The molecule has 2 saturated carbocycles. The number of fused-ring (bicyclic) bond motifs is 2. The first-order valence-electron chi connectivity index (χ1n) is 13.6. The van der Waals surface area contributed by atoms with E-state index in [1.54, 1.807) is 6.20 Å². The van der Waals surface area contributed by atoms with E-state index in [1.807, 2.05) is 30.3 Å². The molecule has 6 rings (SSSR count). The van der Waals surface area contributed by atoms with Crippen molar-refractivity contribution >= 4 is 16.7 Å². The first kappa shape index (κ1) is 22.8. The minimum absolute atomic E-state index is 0.280. The fraction of sp³-hybridized carbons (Fsp3) is 0.533. The second kappa shape index (κ2) is 10.1. The molecule has 5 nitrogen and oxygen atoms in total. The second-order valence-corrected chi connectivity index (χ2v) is 11.1. The Morgan fingerprint density at radius 3 is 2.63 bits per heavy atom. The van der Waals surface area contributed by atoms with Crippen LogP contribution >= 0.6 is 0 Å². The molecule has 182 valence electrons. The summed E-state index contributed by atoms with van der Waals surface area (Å²) >= 11 is 0. The maximum absolute atomic E-state index is 13.1. The third-order valence-electron chi connectivity index (χ3n) is 8.48. The van der Waals surface area contributed by atoms with Crippen LogP contribution in [0.4, 0.5) is 0 Å².